The molecular formula is C15H13NO3S. The summed E-state index contributed by atoms with van der Waals surface area (Å²) in [7, 11) is -3.65. The highest BCUT2D eigenvalue weighted by Gasteiger charge is 2.15. The molecule has 2 rings (SSSR count). The minimum Gasteiger partial charge on any atom is -0.289 e. The first-order chi connectivity index (χ1) is 9.53. The van der Waals surface area contributed by atoms with Gasteiger partial charge >= 0.3 is 0 Å². The summed E-state index contributed by atoms with van der Waals surface area (Å²) in [6.45, 7) is 3.23. The Balaban J connectivity index is 2.43. The second-order valence-electron chi connectivity index (χ2n) is 4.05. The van der Waals surface area contributed by atoms with Gasteiger partial charge in [-0.05, 0) is 12.1 Å². The average molecular weight is 287 g/mol. The Labute approximate surface area is 117 Å². The Bertz CT molecular complexity index is 737. The Morgan fingerprint density at radius 1 is 1.00 bits per heavy atom. The first kappa shape index (κ1) is 14.0. The van der Waals surface area contributed by atoms with Crippen LogP contribution in [0.5, 0.6) is 0 Å². The van der Waals surface area contributed by atoms with E-state index >= 15 is 0 Å². The van der Waals surface area contributed by atoms with Gasteiger partial charge in [0.1, 0.15) is 0 Å². The van der Waals surface area contributed by atoms with Crippen molar-refractivity contribution >= 4 is 21.5 Å². The van der Waals surface area contributed by atoms with Crippen LogP contribution in [0.2, 0.25) is 0 Å². The molecule has 1 N–H and O–H groups in total. The highest BCUT2D eigenvalue weighted by Crippen LogP contribution is 2.20. The Kier molecular flexibility index (Phi) is 4.00. The lowest BCUT2D eigenvalue weighted by molar-refractivity contribution is 0.103. The van der Waals surface area contributed by atoms with Gasteiger partial charge in [0.05, 0.1) is 5.69 Å². The number of nitrogens with one attached hydrogen (secondary N) is 1. The van der Waals surface area contributed by atoms with Gasteiger partial charge < -0.3 is 0 Å². The van der Waals surface area contributed by atoms with Crippen LogP contribution in [0.1, 0.15) is 15.9 Å². The van der Waals surface area contributed by atoms with E-state index < -0.39 is 10.0 Å². The number of benzene rings is 2. The predicted octanol–water partition coefficient (Wildman–Crippen LogP) is 2.80. The maximum absolute atomic E-state index is 12.4. The highest BCUT2D eigenvalue weighted by atomic mass is 32.2. The van der Waals surface area contributed by atoms with Gasteiger partial charge in [0.25, 0.3) is 10.0 Å². The number of hydrogen-bond acceptors (Lipinski definition) is 3. The summed E-state index contributed by atoms with van der Waals surface area (Å²) >= 11 is 0. The molecule has 102 valence electrons. The standard InChI is InChI=1S/C15H13NO3S/c1-2-20(18,19)16-14-11-7-6-10-13(14)15(17)12-8-4-3-5-9-12/h2-11,16H,1H2. The fourth-order valence-corrected chi connectivity index (χ4v) is 2.28. The summed E-state index contributed by atoms with van der Waals surface area (Å²) in [5.74, 6) is -0.243. The molecule has 4 nitrogen and oxygen atoms in total. The summed E-state index contributed by atoms with van der Waals surface area (Å²) in [5.41, 5.74) is 1.03. The van der Waals surface area contributed by atoms with E-state index in [-0.39, 0.29) is 11.5 Å². The van der Waals surface area contributed by atoms with Crippen LogP contribution in [0.15, 0.2) is 66.6 Å². The third-order valence-corrected chi connectivity index (χ3v) is 3.62. The number of ketones is 1. The lowest BCUT2D eigenvalue weighted by atomic mass is 10.0. The number of rotatable bonds is 5. The van der Waals surface area contributed by atoms with Crippen LogP contribution in [0.25, 0.3) is 0 Å². The molecule has 0 heterocycles. The summed E-state index contributed by atoms with van der Waals surface area (Å²) in [5, 5.41) is 0.802. The summed E-state index contributed by atoms with van der Waals surface area (Å²) in [6.07, 6.45) is 0. The van der Waals surface area contributed by atoms with Gasteiger partial charge in [0.2, 0.25) is 0 Å². The van der Waals surface area contributed by atoms with Crippen molar-refractivity contribution in [3.8, 4) is 0 Å². The van der Waals surface area contributed by atoms with Gasteiger partial charge in [0, 0.05) is 16.5 Å². The summed E-state index contributed by atoms with van der Waals surface area (Å²) in [6, 6.07) is 15.1. The van der Waals surface area contributed by atoms with Crippen LogP contribution in [-0.4, -0.2) is 14.2 Å². The molecule has 0 aliphatic heterocycles. The molecule has 0 atom stereocenters. The zero-order chi connectivity index (χ0) is 14.6. The molecule has 2 aromatic rings. The fraction of sp³-hybridized carbons (Fsp3) is 0. The molecule has 0 bridgehead atoms. The van der Waals surface area contributed by atoms with Crippen molar-refractivity contribution in [2.45, 2.75) is 0 Å². The van der Waals surface area contributed by atoms with Gasteiger partial charge in [-0.2, -0.15) is 0 Å². The van der Waals surface area contributed by atoms with Crippen LogP contribution < -0.4 is 4.72 Å². The van der Waals surface area contributed by atoms with Gasteiger partial charge in [-0.1, -0.05) is 49.0 Å². The Morgan fingerprint density at radius 3 is 2.25 bits per heavy atom. The Hall–Kier alpha value is -2.40. The normalized spacial score (nSPS) is 10.8. The zero-order valence-corrected chi connectivity index (χ0v) is 11.4. The molecule has 0 unspecified atom stereocenters. The lowest BCUT2D eigenvalue weighted by Crippen LogP contribution is -2.12. The third kappa shape index (κ3) is 3.13. The molecule has 0 saturated heterocycles. The number of para-hydroxylation sites is 1. The maximum atomic E-state index is 12.4. The second kappa shape index (κ2) is 5.71. The van der Waals surface area contributed by atoms with Gasteiger partial charge in [-0.25, -0.2) is 8.42 Å². The van der Waals surface area contributed by atoms with Crippen molar-refractivity contribution in [1.82, 2.24) is 0 Å². The van der Waals surface area contributed by atoms with E-state index in [1.165, 1.54) is 6.07 Å². The smallest absolute Gasteiger partial charge is 0.254 e. The van der Waals surface area contributed by atoms with E-state index in [9.17, 15) is 13.2 Å². The molecule has 0 spiro atoms. The SMILES string of the molecule is C=CS(=O)(=O)Nc1ccccc1C(=O)c1ccccc1. The van der Waals surface area contributed by atoms with Crippen LogP contribution >= 0.6 is 0 Å². The number of sulfonamides is 1. The van der Waals surface area contributed by atoms with Crippen LogP contribution in [0.4, 0.5) is 5.69 Å². The van der Waals surface area contributed by atoms with E-state index in [1.54, 1.807) is 42.5 Å². The van der Waals surface area contributed by atoms with Crippen molar-refractivity contribution in [3.05, 3.63) is 77.7 Å². The molecular weight excluding hydrogens is 274 g/mol. The van der Waals surface area contributed by atoms with E-state index in [0.29, 0.717) is 11.1 Å². The van der Waals surface area contributed by atoms with Crippen molar-refractivity contribution in [3.63, 3.8) is 0 Å². The van der Waals surface area contributed by atoms with Crippen LogP contribution in [0.3, 0.4) is 0 Å². The first-order valence-corrected chi connectivity index (χ1v) is 7.42. The summed E-state index contributed by atoms with van der Waals surface area (Å²) in [4.78, 5) is 12.4. The monoisotopic (exact) mass is 287 g/mol. The molecule has 0 amide bonds. The molecule has 0 aromatic heterocycles. The minimum atomic E-state index is -3.65. The van der Waals surface area contributed by atoms with Crippen molar-refractivity contribution in [2.24, 2.45) is 0 Å². The van der Waals surface area contributed by atoms with Crippen molar-refractivity contribution in [2.75, 3.05) is 4.72 Å². The van der Waals surface area contributed by atoms with Crippen molar-refractivity contribution in [1.29, 1.82) is 0 Å². The molecule has 0 aliphatic rings. The van der Waals surface area contributed by atoms with E-state index in [0.717, 1.165) is 5.41 Å². The molecule has 2 aromatic carbocycles. The molecule has 5 heteroatoms. The number of carbonyl (C=O) groups is 1. The number of anilines is 1. The van der Waals surface area contributed by atoms with E-state index in [2.05, 4.69) is 11.3 Å². The van der Waals surface area contributed by atoms with Crippen LogP contribution in [0, 0.1) is 0 Å². The van der Waals surface area contributed by atoms with Gasteiger partial charge in [0.15, 0.2) is 5.78 Å². The zero-order valence-electron chi connectivity index (χ0n) is 10.6. The first-order valence-electron chi connectivity index (χ1n) is 5.87. The maximum Gasteiger partial charge on any atom is 0.254 e. The number of carbonyl (C=O) groups excluding carboxylic acids is 1. The highest BCUT2D eigenvalue weighted by molar-refractivity contribution is 7.95. The second-order valence-corrected chi connectivity index (χ2v) is 5.68. The fourth-order valence-electron chi connectivity index (χ4n) is 1.71. The topological polar surface area (TPSA) is 63.2 Å². The number of hydrogen-bond donors (Lipinski definition) is 1. The molecule has 0 radical (unpaired) electrons. The van der Waals surface area contributed by atoms with Crippen molar-refractivity contribution < 1.29 is 13.2 Å². The largest absolute Gasteiger partial charge is 0.289 e. The van der Waals surface area contributed by atoms with Gasteiger partial charge in [-0.15, -0.1) is 0 Å². The van der Waals surface area contributed by atoms with Gasteiger partial charge in [-0.3, -0.25) is 9.52 Å². The third-order valence-electron chi connectivity index (χ3n) is 2.68. The minimum absolute atomic E-state index is 0.237. The van der Waals surface area contributed by atoms with Crippen LogP contribution in [-0.2, 0) is 10.0 Å². The lowest BCUT2D eigenvalue weighted by Gasteiger charge is -2.09. The Morgan fingerprint density at radius 2 is 1.60 bits per heavy atom. The van der Waals surface area contributed by atoms with E-state index in [1.807, 2.05) is 6.07 Å². The molecule has 0 saturated carbocycles. The molecule has 0 aliphatic carbocycles. The average Bonchev–Trinajstić information content (AvgIpc) is 2.48. The van der Waals surface area contributed by atoms with E-state index in [4.69, 9.17) is 0 Å². The summed E-state index contributed by atoms with van der Waals surface area (Å²) < 4.78 is 25.4. The predicted molar refractivity (Wildman–Crippen MR) is 79.1 cm³/mol. The molecule has 20 heavy (non-hydrogen) atoms. The molecule has 0 fully saturated rings. The quantitative estimate of drug-likeness (QED) is 0.860.